The van der Waals surface area contributed by atoms with E-state index in [0.29, 0.717) is 0 Å². The van der Waals surface area contributed by atoms with Crippen LogP contribution in [0.1, 0.15) is 29.7 Å². The third-order valence-electron chi connectivity index (χ3n) is 4.68. The van der Waals surface area contributed by atoms with E-state index in [2.05, 4.69) is 5.32 Å². The van der Waals surface area contributed by atoms with Crippen LogP contribution in [0.2, 0.25) is 0 Å². The predicted molar refractivity (Wildman–Crippen MR) is 117 cm³/mol. The van der Waals surface area contributed by atoms with Crippen LogP contribution in [0.3, 0.4) is 0 Å². The molecule has 3 aromatic carbocycles. The quantitative estimate of drug-likeness (QED) is 0.474. The lowest BCUT2D eigenvalue weighted by atomic mass is 10.1. The summed E-state index contributed by atoms with van der Waals surface area (Å²) in [7, 11) is -3.53. The van der Waals surface area contributed by atoms with E-state index in [4.69, 9.17) is 0 Å². The maximum absolute atomic E-state index is 13.3. The van der Waals surface area contributed by atoms with Crippen LogP contribution in [-0.4, -0.2) is 10.7 Å². The van der Waals surface area contributed by atoms with Gasteiger partial charge in [0.2, 0.25) is 7.37 Å². The van der Waals surface area contributed by atoms with Crippen molar-refractivity contribution < 1.29 is 9.46 Å². The van der Waals surface area contributed by atoms with Gasteiger partial charge in [-0.05, 0) is 23.6 Å². The van der Waals surface area contributed by atoms with Gasteiger partial charge in [0.15, 0.2) is 0 Å². The van der Waals surface area contributed by atoms with Gasteiger partial charge in [-0.2, -0.15) is 0 Å². The largest absolute Gasteiger partial charge is 0.343 e. The van der Waals surface area contributed by atoms with E-state index in [0.717, 1.165) is 16.7 Å². The fourth-order valence-electron chi connectivity index (χ4n) is 3.11. The van der Waals surface area contributed by atoms with Gasteiger partial charge in [-0.15, -0.1) is 0 Å². The Morgan fingerprint density at radius 1 is 0.893 bits per heavy atom. The Morgan fingerprint density at radius 3 is 2.04 bits per heavy atom. The van der Waals surface area contributed by atoms with Crippen LogP contribution < -0.4 is 5.32 Å². The van der Waals surface area contributed by atoms with E-state index in [1.807, 2.05) is 110 Å². The van der Waals surface area contributed by atoms with Crippen molar-refractivity contribution in [1.82, 2.24) is 5.32 Å². The summed E-state index contributed by atoms with van der Waals surface area (Å²) in [4.78, 5) is 10.9. The average Bonchev–Trinajstić information content (AvgIpc) is 2.72. The molecule has 2 N–H and O–H groups in total. The average molecular weight is 391 g/mol. The summed E-state index contributed by atoms with van der Waals surface area (Å²) >= 11 is 0. The van der Waals surface area contributed by atoms with Gasteiger partial charge >= 0.3 is 0 Å². The number of nitrogens with one attached hydrogen (secondary N) is 1. The van der Waals surface area contributed by atoms with Gasteiger partial charge < -0.3 is 4.89 Å². The smallest absolute Gasteiger partial charge is 0.225 e. The summed E-state index contributed by atoms with van der Waals surface area (Å²) in [5, 5.41) is 3.36. The number of benzene rings is 3. The molecule has 0 amide bonds. The highest BCUT2D eigenvalue weighted by Gasteiger charge is 2.30. The number of hydrogen-bond donors (Lipinski definition) is 2. The number of hydrogen-bond acceptors (Lipinski definition) is 2. The highest BCUT2D eigenvalue weighted by atomic mass is 31.2. The van der Waals surface area contributed by atoms with Crippen molar-refractivity contribution in [2.45, 2.75) is 24.9 Å². The molecule has 0 aromatic heterocycles. The molecule has 0 saturated carbocycles. The molecule has 3 rings (SSSR count). The second-order valence-corrected chi connectivity index (χ2v) is 9.30. The zero-order valence-electron chi connectivity index (χ0n) is 16.0. The molecule has 0 aliphatic rings. The maximum Gasteiger partial charge on any atom is 0.225 e. The van der Waals surface area contributed by atoms with Crippen molar-refractivity contribution in [2.24, 2.45) is 0 Å². The molecule has 3 atom stereocenters. The first-order valence-corrected chi connectivity index (χ1v) is 11.4. The highest BCUT2D eigenvalue weighted by molar-refractivity contribution is 7.58. The van der Waals surface area contributed by atoms with Crippen LogP contribution in [0.5, 0.6) is 0 Å². The molecule has 0 bridgehead atoms. The molecule has 3 nitrogen and oxygen atoms in total. The number of rotatable bonds is 8. The lowest BCUT2D eigenvalue weighted by molar-refractivity contribution is 0.447. The monoisotopic (exact) mass is 391 g/mol. The first kappa shape index (κ1) is 20.3. The minimum absolute atomic E-state index is 0.0529. The summed E-state index contributed by atoms with van der Waals surface area (Å²) < 4.78 is 13.3. The third-order valence-corrected chi connectivity index (χ3v) is 6.69. The minimum Gasteiger partial charge on any atom is -0.343 e. The molecular formula is C24H26NO2P. The SMILES string of the molecule is C[C@@H](NC(/C=C/c1ccccc1)P(=O)(O)Cc1ccccc1)c1ccccc1. The van der Waals surface area contributed by atoms with Crippen molar-refractivity contribution in [3.63, 3.8) is 0 Å². The van der Waals surface area contributed by atoms with Gasteiger partial charge in [0.25, 0.3) is 0 Å². The standard InChI is InChI=1S/C24H26NO2P/c1-20(23-15-9-4-10-16-23)25-24(18-17-21-11-5-2-6-12-21)28(26,27)19-22-13-7-3-8-14-22/h2-18,20,24-25H,19H2,1H3,(H,26,27)/b18-17+/t20-,24?/m1/s1. The molecule has 0 fully saturated rings. The molecular weight excluding hydrogens is 365 g/mol. The molecule has 0 saturated heterocycles. The molecule has 0 aliphatic carbocycles. The van der Waals surface area contributed by atoms with Crippen molar-refractivity contribution in [3.8, 4) is 0 Å². The van der Waals surface area contributed by atoms with Crippen LogP contribution in [0.15, 0.2) is 97.1 Å². The topological polar surface area (TPSA) is 49.3 Å². The first-order chi connectivity index (χ1) is 13.5. The van der Waals surface area contributed by atoms with E-state index in [-0.39, 0.29) is 12.2 Å². The molecule has 3 aromatic rings. The summed E-state index contributed by atoms with van der Waals surface area (Å²) in [5.41, 5.74) is 2.95. The lowest BCUT2D eigenvalue weighted by Gasteiger charge is -2.26. The molecule has 0 spiro atoms. The second-order valence-electron chi connectivity index (χ2n) is 6.91. The van der Waals surface area contributed by atoms with Crippen molar-refractivity contribution in [3.05, 3.63) is 114 Å². The van der Waals surface area contributed by atoms with Gasteiger partial charge in [0.1, 0.15) is 5.78 Å². The van der Waals surface area contributed by atoms with Crippen molar-refractivity contribution in [1.29, 1.82) is 0 Å². The summed E-state index contributed by atoms with van der Waals surface area (Å²) in [6.07, 6.45) is 3.86. The molecule has 0 radical (unpaired) electrons. The van der Waals surface area contributed by atoms with E-state index in [1.165, 1.54) is 0 Å². The van der Waals surface area contributed by atoms with Crippen molar-refractivity contribution >= 4 is 13.4 Å². The maximum atomic E-state index is 13.3. The molecule has 4 heteroatoms. The van der Waals surface area contributed by atoms with Crippen LogP contribution in [-0.2, 0) is 10.7 Å². The van der Waals surface area contributed by atoms with Gasteiger partial charge in [-0.3, -0.25) is 9.88 Å². The van der Waals surface area contributed by atoms with Crippen LogP contribution in [0.25, 0.3) is 6.08 Å². The predicted octanol–water partition coefficient (Wildman–Crippen LogP) is 5.85. The molecule has 0 aliphatic heterocycles. The molecule has 144 valence electrons. The molecule has 2 unspecified atom stereocenters. The normalized spacial score (nSPS) is 15.8. The Kier molecular flexibility index (Phi) is 7.00. The Hall–Kier alpha value is -2.45. The first-order valence-electron chi connectivity index (χ1n) is 9.44. The Balaban J connectivity index is 1.84. The van der Waals surface area contributed by atoms with Gasteiger partial charge in [-0.25, -0.2) is 0 Å². The Bertz CT molecular complexity index is 927. The van der Waals surface area contributed by atoms with Gasteiger partial charge in [0.05, 0.1) is 6.16 Å². The zero-order chi connectivity index (χ0) is 19.8. The fourth-order valence-corrected chi connectivity index (χ4v) is 4.85. The van der Waals surface area contributed by atoms with Gasteiger partial charge in [-0.1, -0.05) is 103 Å². The summed E-state index contributed by atoms with van der Waals surface area (Å²) in [6, 6.07) is 29.2. The van der Waals surface area contributed by atoms with E-state index in [1.54, 1.807) is 0 Å². The van der Waals surface area contributed by atoms with Gasteiger partial charge in [0, 0.05) is 6.04 Å². The van der Waals surface area contributed by atoms with Crippen LogP contribution in [0, 0.1) is 0 Å². The Labute approximate surface area is 167 Å². The van der Waals surface area contributed by atoms with E-state index in [9.17, 15) is 9.46 Å². The summed E-state index contributed by atoms with van der Waals surface area (Å²) in [6.45, 7) is 2.02. The highest BCUT2D eigenvalue weighted by Crippen LogP contribution is 2.49. The lowest BCUT2D eigenvalue weighted by Crippen LogP contribution is -2.30. The van der Waals surface area contributed by atoms with Crippen LogP contribution in [0.4, 0.5) is 0 Å². The Morgan fingerprint density at radius 2 is 1.43 bits per heavy atom. The molecule has 28 heavy (non-hydrogen) atoms. The van der Waals surface area contributed by atoms with Crippen LogP contribution >= 0.6 is 7.37 Å². The zero-order valence-corrected chi connectivity index (χ0v) is 16.9. The summed E-state index contributed by atoms with van der Waals surface area (Å²) in [5.74, 6) is -0.650. The fraction of sp³-hybridized carbons (Fsp3) is 0.167. The van der Waals surface area contributed by atoms with E-state index < -0.39 is 13.2 Å². The molecule has 0 heterocycles. The minimum atomic E-state index is -3.53. The van der Waals surface area contributed by atoms with E-state index >= 15 is 0 Å². The third kappa shape index (κ3) is 5.77. The van der Waals surface area contributed by atoms with Crippen molar-refractivity contribution in [2.75, 3.05) is 0 Å². The second kappa shape index (κ2) is 9.66.